The Kier molecular flexibility index (Phi) is 11.2. The minimum atomic E-state index is -4.48. The van der Waals surface area contributed by atoms with Crippen LogP contribution >= 0.6 is 0 Å². The number of carbonyl (C=O) groups excluding carboxylic acids is 2. The number of alkyl halides is 3. The van der Waals surface area contributed by atoms with Crippen LogP contribution in [0, 0.1) is 5.92 Å². The number of pyridine rings is 1. The van der Waals surface area contributed by atoms with Crippen LogP contribution in [0.25, 0.3) is 11.3 Å². The molecule has 4 rings (SSSR count). The number of hydrogen-bond acceptors (Lipinski definition) is 8. The lowest BCUT2D eigenvalue weighted by molar-refractivity contribution is -0.142. The van der Waals surface area contributed by atoms with Crippen molar-refractivity contribution in [3.05, 3.63) is 66.4 Å². The van der Waals surface area contributed by atoms with Crippen LogP contribution in [0.4, 0.5) is 18.9 Å². The zero-order valence-electron chi connectivity index (χ0n) is 26.2. The second-order valence-electron chi connectivity index (χ2n) is 12.1. The van der Waals surface area contributed by atoms with Gasteiger partial charge < -0.3 is 25.3 Å². The van der Waals surface area contributed by atoms with Crippen LogP contribution in [0.3, 0.4) is 0 Å². The fourth-order valence-corrected chi connectivity index (χ4v) is 5.31. The summed E-state index contributed by atoms with van der Waals surface area (Å²) in [5, 5.41) is 8.21. The van der Waals surface area contributed by atoms with E-state index in [1.54, 1.807) is 18.6 Å². The van der Waals surface area contributed by atoms with E-state index in [4.69, 9.17) is 4.42 Å². The van der Waals surface area contributed by atoms with Gasteiger partial charge in [-0.25, -0.2) is 4.98 Å². The molecule has 244 valence electrons. The van der Waals surface area contributed by atoms with Crippen LogP contribution in [0.1, 0.15) is 38.1 Å². The molecule has 13 heteroatoms. The van der Waals surface area contributed by atoms with E-state index >= 15 is 0 Å². The van der Waals surface area contributed by atoms with Crippen molar-refractivity contribution in [3.8, 4) is 11.3 Å². The molecule has 1 saturated heterocycles. The van der Waals surface area contributed by atoms with Crippen molar-refractivity contribution in [1.29, 1.82) is 0 Å². The Morgan fingerprint density at radius 2 is 1.91 bits per heavy atom. The van der Waals surface area contributed by atoms with Crippen molar-refractivity contribution < 1.29 is 27.2 Å². The molecule has 10 nitrogen and oxygen atoms in total. The standard InChI is InChI=1S/C32H42F3N7O3/c1-31(2,30-38-20-27(45-30)24-16-25(41(3)4)18-37-17-24)40-28(43)23(15-22-9-6-5-7-10-22)11-8-13-42-14-12-36-19-26(42)29(44)39-21-32(33,34)35/h5-7,9-10,16-18,20,23,26,36H,8,11-15,19,21H2,1-4H3,(H,39,44)(H,40,43). The largest absolute Gasteiger partial charge is 0.438 e. The third-order valence-electron chi connectivity index (χ3n) is 7.81. The SMILES string of the molecule is CN(C)c1cncc(-c2cnc(C(C)(C)NC(=O)C(CCCN3CCNCC3C(=O)NCC(F)(F)F)Cc3ccccc3)o2)c1. The molecule has 0 saturated carbocycles. The predicted octanol–water partition coefficient (Wildman–Crippen LogP) is 3.75. The minimum absolute atomic E-state index is 0.167. The van der Waals surface area contributed by atoms with E-state index in [0.717, 1.165) is 16.8 Å². The van der Waals surface area contributed by atoms with Gasteiger partial charge in [-0.3, -0.25) is 19.5 Å². The van der Waals surface area contributed by atoms with Gasteiger partial charge >= 0.3 is 6.18 Å². The average Bonchev–Trinajstić information content (AvgIpc) is 3.51. The van der Waals surface area contributed by atoms with Gasteiger partial charge in [-0.15, -0.1) is 0 Å². The van der Waals surface area contributed by atoms with Crippen LogP contribution in [0.15, 0.2) is 59.4 Å². The number of aromatic nitrogens is 2. The summed E-state index contributed by atoms with van der Waals surface area (Å²) < 4.78 is 44.1. The van der Waals surface area contributed by atoms with Crippen molar-refractivity contribution in [3.63, 3.8) is 0 Å². The van der Waals surface area contributed by atoms with Crippen molar-refractivity contribution in [2.24, 2.45) is 5.92 Å². The molecular formula is C32H42F3N7O3. The fourth-order valence-electron chi connectivity index (χ4n) is 5.31. The smallest absolute Gasteiger partial charge is 0.405 e. The van der Waals surface area contributed by atoms with Crippen LogP contribution in [0.2, 0.25) is 0 Å². The van der Waals surface area contributed by atoms with E-state index in [9.17, 15) is 22.8 Å². The normalized spacial score (nSPS) is 16.6. The van der Waals surface area contributed by atoms with Gasteiger partial charge in [0.25, 0.3) is 0 Å². The number of nitrogens with zero attached hydrogens (tertiary/aromatic N) is 4. The third kappa shape index (κ3) is 9.76. The lowest BCUT2D eigenvalue weighted by atomic mass is 9.92. The van der Waals surface area contributed by atoms with Crippen LogP contribution < -0.4 is 20.9 Å². The van der Waals surface area contributed by atoms with Crippen molar-refractivity contribution >= 4 is 17.5 Å². The Morgan fingerprint density at radius 1 is 1.16 bits per heavy atom. The number of benzene rings is 1. The summed E-state index contributed by atoms with van der Waals surface area (Å²) in [6.45, 7) is 4.18. The third-order valence-corrected chi connectivity index (χ3v) is 7.81. The van der Waals surface area contributed by atoms with Gasteiger partial charge in [0, 0.05) is 51.4 Å². The number of nitrogens with one attached hydrogen (secondary N) is 3. The lowest BCUT2D eigenvalue weighted by Gasteiger charge is -2.35. The number of amides is 2. The quantitative estimate of drug-likeness (QED) is 0.262. The van der Waals surface area contributed by atoms with Crippen LogP contribution in [0.5, 0.6) is 0 Å². The molecule has 3 heterocycles. The Bertz CT molecular complexity index is 1410. The van der Waals surface area contributed by atoms with E-state index in [2.05, 4.69) is 20.6 Å². The maximum atomic E-state index is 13.8. The number of hydrogen-bond donors (Lipinski definition) is 3. The Hall–Kier alpha value is -3.97. The van der Waals surface area contributed by atoms with Gasteiger partial charge in [-0.2, -0.15) is 13.2 Å². The maximum Gasteiger partial charge on any atom is 0.405 e. The zero-order chi connectivity index (χ0) is 32.6. The monoisotopic (exact) mass is 629 g/mol. The van der Waals surface area contributed by atoms with Crippen molar-refractivity contribution in [1.82, 2.24) is 30.8 Å². The van der Waals surface area contributed by atoms with E-state index in [1.165, 1.54) is 0 Å². The summed E-state index contributed by atoms with van der Waals surface area (Å²) in [6, 6.07) is 10.9. The average molecular weight is 630 g/mol. The highest BCUT2D eigenvalue weighted by atomic mass is 19.4. The first-order valence-electron chi connectivity index (χ1n) is 15.1. The lowest BCUT2D eigenvalue weighted by Crippen LogP contribution is -2.58. The summed E-state index contributed by atoms with van der Waals surface area (Å²) >= 11 is 0. The number of anilines is 1. The highest BCUT2D eigenvalue weighted by Gasteiger charge is 2.34. The summed E-state index contributed by atoms with van der Waals surface area (Å²) in [6.07, 6.45) is 2.18. The molecule has 45 heavy (non-hydrogen) atoms. The first kappa shape index (κ1) is 33.9. The van der Waals surface area contributed by atoms with E-state index in [-0.39, 0.29) is 12.5 Å². The summed E-state index contributed by atoms with van der Waals surface area (Å²) in [5.41, 5.74) is 1.77. The molecule has 1 aromatic carbocycles. The van der Waals surface area contributed by atoms with E-state index in [0.29, 0.717) is 50.5 Å². The van der Waals surface area contributed by atoms with Gasteiger partial charge in [-0.1, -0.05) is 30.3 Å². The second-order valence-corrected chi connectivity index (χ2v) is 12.1. The molecule has 0 spiro atoms. The maximum absolute atomic E-state index is 13.8. The van der Waals surface area contributed by atoms with E-state index in [1.807, 2.05) is 79.5 Å². The number of halogens is 3. The Balaban J connectivity index is 1.43. The number of carbonyl (C=O) groups is 2. The highest BCUT2D eigenvalue weighted by molar-refractivity contribution is 5.82. The Labute approximate surface area is 261 Å². The van der Waals surface area contributed by atoms with E-state index < -0.39 is 36.1 Å². The number of oxazole rings is 1. The van der Waals surface area contributed by atoms with Gasteiger partial charge in [0.1, 0.15) is 18.1 Å². The van der Waals surface area contributed by atoms with Gasteiger partial charge in [0.2, 0.25) is 17.7 Å². The molecular weight excluding hydrogens is 587 g/mol. The van der Waals surface area contributed by atoms with Gasteiger partial charge in [-0.05, 0) is 51.3 Å². The number of rotatable bonds is 13. The molecule has 2 atom stereocenters. The summed E-state index contributed by atoms with van der Waals surface area (Å²) in [4.78, 5) is 38.9. The Morgan fingerprint density at radius 3 is 2.62 bits per heavy atom. The molecule has 1 aliphatic rings. The first-order chi connectivity index (χ1) is 21.3. The topological polar surface area (TPSA) is 116 Å². The zero-order valence-corrected chi connectivity index (χ0v) is 26.2. The molecule has 2 aromatic heterocycles. The van der Waals surface area contributed by atoms with Crippen LogP contribution in [-0.2, 0) is 21.5 Å². The summed E-state index contributed by atoms with van der Waals surface area (Å²) in [7, 11) is 3.85. The molecule has 2 amide bonds. The number of piperazine rings is 1. The highest BCUT2D eigenvalue weighted by Crippen LogP contribution is 2.28. The molecule has 0 radical (unpaired) electrons. The summed E-state index contributed by atoms with van der Waals surface area (Å²) in [5.74, 6) is -0.334. The second kappa shape index (κ2) is 14.9. The van der Waals surface area contributed by atoms with Gasteiger partial charge in [0.15, 0.2) is 5.76 Å². The molecule has 3 aromatic rings. The first-order valence-corrected chi connectivity index (χ1v) is 15.1. The molecule has 2 unspecified atom stereocenters. The van der Waals surface area contributed by atoms with Crippen molar-refractivity contribution in [2.75, 3.05) is 51.7 Å². The molecule has 0 bridgehead atoms. The van der Waals surface area contributed by atoms with Gasteiger partial charge in [0.05, 0.1) is 18.1 Å². The molecule has 0 aliphatic carbocycles. The van der Waals surface area contributed by atoms with Crippen molar-refractivity contribution in [2.45, 2.75) is 50.9 Å². The minimum Gasteiger partial charge on any atom is -0.438 e. The molecule has 3 N–H and O–H groups in total. The van der Waals surface area contributed by atoms with Crippen LogP contribution in [-0.4, -0.2) is 85.7 Å². The predicted molar refractivity (Wildman–Crippen MR) is 165 cm³/mol. The molecule has 1 fully saturated rings. The fraction of sp³-hybridized carbons (Fsp3) is 0.500. The molecule has 1 aliphatic heterocycles.